The lowest BCUT2D eigenvalue weighted by Gasteiger charge is -2.21. The highest BCUT2D eigenvalue weighted by molar-refractivity contribution is 9.10. The molecule has 1 N–H and O–H groups in total. The van der Waals surface area contributed by atoms with Crippen molar-refractivity contribution in [2.45, 2.75) is 39.3 Å². The van der Waals surface area contributed by atoms with Gasteiger partial charge in [-0.3, -0.25) is 9.67 Å². The SMILES string of the molecule is CCCNC(c1ccncc1)c1c(Br)cnn1CCC. The molecule has 0 aromatic carbocycles. The maximum atomic E-state index is 4.47. The molecule has 0 aliphatic rings. The van der Waals surface area contributed by atoms with Crippen LogP contribution in [0.5, 0.6) is 0 Å². The molecule has 2 heterocycles. The number of halogens is 1. The number of aromatic nitrogens is 3. The summed E-state index contributed by atoms with van der Waals surface area (Å²) in [6, 6.07) is 4.26. The van der Waals surface area contributed by atoms with Gasteiger partial charge in [-0.1, -0.05) is 13.8 Å². The van der Waals surface area contributed by atoms with Gasteiger partial charge in [0.2, 0.25) is 0 Å². The predicted octanol–water partition coefficient (Wildman–Crippen LogP) is 3.54. The van der Waals surface area contributed by atoms with Crippen LogP contribution in [0.3, 0.4) is 0 Å². The fourth-order valence-electron chi connectivity index (χ4n) is 2.27. The normalized spacial score (nSPS) is 12.6. The maximum absolute atomic E-state index is 4.47. The van der Waals surface area contributed by atoms with Crippen molar-refractivity contribution in [3.05, 3.63) is 46.5 Å². The largest absolute Gasteiger partial charge is 0.305 e. The van der Waals surface area contributed by atoms with Crippen LogP contribution in [0.2, 0.25) is 0 Å². The Morgan fingerprint density at radius 3 is 2.65 bits per heavy atom. The van der Waals surface area contributed by atoms with E-state index in [0.717, 1.165) is 30.4 Å². The summed E-state index contributed by atoms with van der Waals surface area (Å²) in [4.78, 5) is 4.11. The molecule has 0 amide bonds. The smallest absolute Gasteiger partial charge is 0.0760 e. The molecule has 0 aliphatic heterocycles. The first-order valence-electron chi connectivity index (χ1n) is 7.12. The molecule has 5 heteroatoms. The van der Waals surface area contributed by atoms with Crippen LogP contribution in [-0.4, -0.2) is 21.3 Å². The molecular formula is C15H21BrN4. The molecule has 20 heavy (non-hydrogen) atoms. The number of hydrogen-bond donors (Lipinski definition) is 1. The molecule has 2 rings (SSSR count). The second kappa shape index (κ2) is 7.55. The summed E-state index contributed by atoms with van der Waals surface area (Å²) < 4.78 is 3.13. The molecule has 0 aliphatic carbocycles. The van der Waals surface area contributed by atoms with E-state index in [1.807, 2.05) is 18.6 Å². The van der Waals surface area contributed by atoms with Gasteiger partial charge in [0.05, 0.1) is 22.4 Å². The maximum Gasteiger partial charge on any atom is 0.0760 e. The number of nitrogens with zero attached hydrogens (tertiary/aromatic N) is 3. The van der Waals surface area contributed by atoms with Gasteiger partial charge in [-0.2, -0.15) is 5.10 Å². The summed E-state index contributed by atoms with van der Waals surface area (Å²) in [5.74, 6) is 0. The fraction of sp³-hybridized carbons (Fsp3) is 0.467. The van der Waals surface area contributed by atoms with Crippen molar-refractivity contribution in [3.8, 4) is 0 Å². The Morgan fingerprint density at radius 1 is 1.25 bits per heavy atom. The van der Waals surface area contributed by atoms with E-state index in [0.29, 0.717) is 0 Å². The monoisotopic (exact) mass is 336 g/mol. The van der Waals surface area contributed by atoms with Crippen LogP contribution in [0.25, 0.3) is 0 Å². The Balaban J connectivity index is 2.38. The Morgan fingerprint density at radius 2 is 2.00 bits per heavy atom. The molecular weight excluding hydrogens is 316 g/mol. The molecule has 1 atom stereocenters. The number of hydrogen-bond acceptors (Lipinski definition) is 3. The van der Waals surface area contributed by atoms with Crippen LogP contribution in [0.4, 0.5) is 0 Å². The molecule has 4 nitrogen and oxygen atoms in total. The van der Waals surface area contributed by atoms with Gasteiger partial charge in [0, 0.05) is 18.9 Å². The quantitative estimate of drug-likeness (QED) is 0.840. The van der Waals surface area contributed by atoms with Crippen molar-refractivity contribution < 1.29 is 0 Å². The van der Waals surface area contributed by atoms with Crippen LogP contribution in [-0.2, 0) is 6.54 Å². The summed E-state index contributed by atoms with van der Waals surface area (Å²) in [7, 11) is 0. The molecule has 108 valence electrons. The second-order valence-electron chi connectivity index (χ2n) is 4.77. The van der Waals surface area contributed by atoms with Crippen molar-refractivity contribution in [1.82, 2.24) is 20.1 Å². The third kappa shape index (κ3) is 3.46. The van der Waals surface area contributed by atoms with E-state index >= 15 is 0 Å². The van der Waals surface area contributed by atoms with Gasteiger partial charge in [-0.05, 0) is 53.0 Å². The first kappa shape index (κ1) is 15.2. The fourth-order valence-corrected chi connectivity index (χ4v) is 2.79. The summed E-state index contributed by atoms with van der Waals surface area (Å²) in [5, 5.41) is 8.08. The highest BCUT2D eigenvalue weighted by Crippen LogP contribution is 2.28. The first-order valence-corrected chi connectivity index (χ1v) is 7.91. The van der Waals surface area contributed by atoms with Crippen molar-refractivity contribution in [2.75, 3.05) is 6.54 Å². The third-order valence-corrected chi connectivity index (χ3v) is 3.79. The van der Waals surface area contributed by atoms with Crippen molar-refractivity contribution in [1.29, 1.82) is 0 Å². The van der Waals surface area contributed by atoms with Gasteiger partial charge in [-0.25, -0.2) is 0 Å². The first-order chi connectivity index (χ1) is 9.77. The number of aryl methyl sites for hydroxylation is 1. The third-order valence-electron chi connectivity index (χ3n) is 3.18. The minimum absolute atomic E-state index is 0.140. The Hall–Kier alpha value is -1.20. The minimum atomic E-state index is 0.140. The zero-order valence-electron chi connectivity index (χ0n) is 12.0. The number of rotatable bonds is 7. The molecule has 0 saturated carbocycles. The summed E-state index contributed by atoms with van der Waals surface area (Å²) in [6.07, 6.45) is 7.72. The Kier molecular flexibility index (Phi) is 5.73. The zero-order chi connectivity index (χ0) is 14.4. The van der Waals surface area contributed by atoms with Crippen molar-refractivity contribution >= 4 is 15.9 Å². The predicted molar refractivity (Wildman–Crippen MR) is 84.6 cm³/mol. The van der Waals surface area contributed by atoms with Gasteiger partial charge in [0.1, 0.15) is 0 Å². The highest BCUT2D eigenvalue weighted by atomic mass is 79.9. The van der Waals surface area contributed by atoms with E-state index < -0.39 is 0 Å². The summed E-state index contributed by atoms with van der Waals surface area (Å²) in [5.41, 5.74) is 2.40. The highest BCUT2D eigenvalue weighted by Gasteiger charge is 2.21. The minimum Gasteiger partial charge on any atom is -0.305 e. The van der Waals surface area contributed by atoms with Gasteiger partial charge < -0.3 is 5.32 Å². The Labute approximate surface area is 128 Å². The Bertz CT molecular complexity index is 524. The molecule has 1 unspecified atom stereocenters. The number of pyridine rings is 1. The van der Waals surface area contributed by atoms with Gasteiger partial charge in [-0.15, -0.1) is 0 Å². The van der Waals surface area contributed by atoms with Gasteiger partial charge in [0.15, 0.2) is 0 Å². The zero-order valence-corrected chi connectivity index (χ0v) is 13.6. The van der Waals surface area contributed by atoms with E-state index in [-0.39, 0.29) is 6.04 Å². The summed E-state index contributed by atoms with van der Waals surface area (Å²) in [6.45, 7) is 6.24. The lowest BCUT2D eigenvalue weighted by molar-refractivity contribution is 0.510. The van der Waals surface area contributed by atoms with Crippen molar-refractivity contribution in [3.63, 3.8) is 0 Å². The molecule has 0 radical (unpaired) electrons. The standard InChI is InChI=1S/C15H21BrN4/c1-3-7-18-14(12-5-8-17-9-6-12)15-13(16)11-19-20(15)10-4-2/h5-6,8-9,11,14,18H,3-4,7,10H2,1-2H3. The van der Waals surface area contributed by atoms with E-state index in [2.05, 4.69) is 62.0 Å². The average molecular weight is 337 g/mol. The van der Waals surface area contributed by atoms with Crippen molar-refractivity contribution in [2.24, 2.45) is 0 Å². The molecule has 0 spiro atoms. The van der Waals surface area contributed by atoms with Crippen LogP contribution < -0.4 is 5.32 Å². The van der Waals surface area contributed by atoms with E-state index in [4.69, 9.17) is 0 Å². The lowest BCUT2D eigenvalue weighted by Crippen LogP contribution is -2.26. The summed E-state index contributed by atoms with van der Waals surface area (Å²) >= 11 is 3.64. The molecule has 0 bridgehead atoms. The van der Waals surface area contributed by atoms with Crippen LogP contribution in [0.1, 0.15) is 44.0 Å². The molecule has 0 fully saturated rings. The van der Waals surface area contributed by atoms with Crippen LogP contribution in [0.15, 0.2) is 35.2 Å². The van der Waals surface area contributed by atoms with Gasteiger partial charge in [0.25, 0.3) is 0 Å². The molecule has 2 aromatic rings. The van der Waals surface area contributed by atoms with E-state index in [9.17, 15) is 0 Å². The van der Waals surface area contributed by atoms with E-state index in [1.165, 1.54) is 11.3 Å². The molecule has 0 saturated heterocycles. The number of nitrogens with one attached hydrogen (secondary N) is 1. The average Bonchev–Trinajstić information content (AvgIpc) is 2.83. The van der Waals surface area contributed by atoms with E-state index in [1.54, 1.807) is 0 Å². The second-order valence-corrected chi connectivity index (χ2v) is 5.62. The molecule has 2 aromatic heterocycles. The van der Waals surface area contributed by atoms with Crippen LogP contribution in [0, 0.1) is 0 Å². The lowest BCUT2D eigenvalue weighted by atomic mass is 10.0. The topological polar surface area (TPSA) is 42.7 Å². The van der Waals surface area contributed by atoms with Gasteiger partial charge >= 0.3 is 0 Å². The van der Waals surface area contributed by atoms with Crippen LogP contribution >= 0.6 is 15.9 Å².